The molecule has 0 N–H and O–H groups in total. The van der Waals surface area contributed by atoms with Crippen LogP contribution in [0.15, 0.2) is 122 Å². The number of allylic oxidation sites excluding steroid dienone is 20. The van der Waals surface area contributed by atoms with Gasteiger partial charge in [-0.3, -0.25) is 14.4 Å². The van der Waals surface area contributed by atoms with Crippen LogP contribution in [0, 0.1) is 0 Å². The largest absolute Gasteiger partial charge is 0.462 e. The molecule has 0 aromatic carbocycles. The third-order valence-corrected chi connectivity index (χ3v) is 13.0. The summed E-state index contributed by atoms with van der Waals surface area (Å²) in [4.78, 5) is 38.1. The first-order valence-electron chi connectivity index (χ1n) is 31.0. The summed E-state index contributed by atoms with van der Waals surface area (Å²) in [6, 6.07) is 0. The standard InChI is InChI=1S/C69H114O6/c1-4-7-10-13-16-19-22-25-27-29-31-32-33-34-35-36-38-39-41-44-47-50-53-56-59-62-68(71)74-65-66(64-73-67(70)61-58-55-52-49-46-43-24-21-18-15-12-9-6-3)75-69(72)63-60-57-54-51-48-45-42-40-37-30-28-26-23-20-17-14-11-8-5-2/h8-9,11-12,17-18,20-21,26,28,37,40,43,45-46,48,52,54-55,57,66H,4-7,10,13-16,19,22-25,27,29-36,38-39,41-42,44,47,49-51,53,56,58-65H2,1-3H3/b11-8-,12-9-,20-17-,21-18-,28-26-,40-37-,46-43-,48-45-,55-52-,57-54-. The molecule has 0 saturated carbocycles. The van der Waals surface area contributed by atoms with Crippen molar-refractivity contribution in [3.05, 3.63) is 122 Å². The van der Waals surface area contributed by atoms with Crippen LogP contribution in [0.25, 0.3) is 0 Å². The highest BCUT2D eigenvalue weighted by Crippen LogP contribution is 2.17. The number of carbonyl (C=O) groups excluding carboxylic acids is 3. The van der Waals surface area contributed by atoms with E-state index in [0.29, 0.717) is 19.3 Å². The van der Waals surface area contributed by atoms with Crippen molar-refractivity contribution in [2.45, 2.75) is 284 Å². The van der Waals surface area contributed by atoms with Crippen LogP contribution in [-0.2, 0) is 28.6 Å². The molecule has 0 aromatic heterocycles. The minimum atomic E-state index is -0.850. The van der Waals surface area contributed by atoms with Gasteiger partial charge in [-0.2, -0.15) is 0 Å². The van der Waals surface area contributed by atoms with Gasteiger partial charge in [0.2, 0.25) is 0 Å². The van der Waals surface area contributed by atoms with Gasteiger partial charge >= 0.3 is 17.9 Å². The lowest BCUT2D eigenvalue weighted by atomic mass is 10.0. The molecule has 75 heavy (non-hydrogen) atoms. The van der Waals surface area contributed by atoms with E-state index < -0.39 is 12.1 Å². The Morgan fingerprint density at radius 2 is 0.520 bits per heavy atom. The second-order valence-electron chi connectivity index (χ2n) is 20.2. The lowest BCUT2D eigenvalue weighted by Crippen LogP contribution is -2.30. The number of ether oxygens (including phenoxy) is 3. The predicted molar refractivity (Wildman–Crippen MR) is 325 cm³/mol. The summed E-state index contributed by atoms with van der Waals surface area (Å²) >= 11 is 0. The van der Waals surface area contributed by atoms with Gasteiger partial charge in [-0.25, -0.2) is 0 Å². The summed E-state index contributed by atoms with van der Waals surface area (Å²) < 4.78 is 16.7. The molecule has 0 amide bonds. The highest BCUT2D eigenvalue weighted by atomic mass is 16.6. The van der Waals surface area contributed by atoms with Crippen LogP contribution in [0.2, 0.25) is 0 Å². The van der Waals surface area contributed by atoms with E-state index >= 15 is 0 Å². The van der Waals surface area contributed by atoms with E-state index in [0.717, 1.165) is 83.5 Å². The summed E-state index contributed by atoms with van der Waals surface area (Å²) in [7, 11) is 0. The quantitative estimate of drug-likeness (QED) is 0.0261. The van der Waals surface area contributed by atoms with Crippen LogP contribution in [0.1, 0.15) is 278 Å². The highest BCUT2D eigenvalue weighted by Gasteiger charge is 2.19. The molecule has 0 aliphatic carbocycles. The first-order chi connectivity index (χ1) is 37.0. The molecule has 0 heterocycles. The van der Waals surface area contributed by atoms with E-state index in [4.69, 9.17) is 14.2 Å². The molecular formula is C69H114O6. The first-order valence-corrected chi connectivity index (χ1v) is 31.0. The molecule has 0 fully saturated rings. The van der Waals surface area contributed by atoms with Crippen molar-refractivity contribution < 1.29 is 28.6 Å². The average molecular weight is 1040 g/mol. The lowest BCUT2D eigenvalue weighted by molar-refractivity contribution is -0.166. The Bertz CT molecular complexity index is 1570. The smallest absolute Gasteiger partial charge is 0.306 e. The number of hydrogen-bond donors (Lipinski definition) is 0. The van der Waals surface area contributed by atoms with E-state index in [9.17, 15) is 14.4 Å². The van der Waals surface area contributed by atoms with Gasteiger partial charge in [0.15, 0.2) is 6.10 Å². The maximum atomic E-state index is 12.8. The normalized spacial score (nSPS) is 12.9. The molecule has 0 saturated heterocycles. The van der Waals surface area contributed by atoms with E-state index in [1.807, 2.05) is 24.3 Å². The topological polar surface area (TPSA) is 78.9 Å². The van der Waals surface area contributed by atoms with E-state index in [1.165, 1.54) is 141 Å². The Morgan fingerprint density at radius 3 is 0.813 bits per heavy atom. The second kappa shape index (κ2) is 62.4. The number of unbranched alkanes of at least 4 members (excludes halogenated alkanes) is 24. The maximum Gasteiger partial charge on any atom is 0.306 e. The molecule has 1 unspecified atom stereocenters. The summed E-state index contributed by atoms with van der Waals surface area (Å²) in [6.07, 6.45) is 86.7. The van der Waals surface area contributed by atoms with Crippen LogP contribution >= 0.6 is 0 Å². The van der Waals surface area contributed by atoms with Crippen molar-refractivity contribution in [3.63, 3.8) is 0 Å². The molecule has 0 aliphatic heterocycles. The summed E-state index contributed by atoms with van der Waals surface area (Å²) in [5.74, 6) is -1.10. The molecular weight excluding hydrogens is 925 g/mol. The third-order valence-electron chi connectivity index (χ3n) is 13.0. The summed E-state index contributed by atoms with van der Waals surface area (Å²) in [5, 5.41) is 0. The Balaban J connectivity index is 4.42. The minimum Gasteiger partial charge on any atom is -0.462 e. The molecule has 0 bridgehead atoms. The van der Waals surface area contributed by atoms with Crippen molar-refractivity contribution in [3.8, 4) is 0 Å². The third kappa shape index (κ3) is 60.6. The van der Waals surface area contributed by atoms with Gasteiger partial charge in [0.1, 0.15) is 13.2 Å². The Kier molecular flexibility index (Phi) is 58.9. The van der Waals surface area contributed by atoms with Gasteiger partial charge in [0.05, 0.1) is 0 Å². The number of carbonyl (C=O) groups is 3. The van der Waals surface area contributed by atoms with Crippen LogP contribution in [-0.4, -0.2) is 37.2 Å². The fourth-order valence-corrected chi connectivity index (χ4v) is 8.43. The van der Waals surface area contributed by atoms with Crippen molar-refractivity contribution in [1.82, 2.24) is 0 Å². The zero-order valence-electron chi connectivity index (χ0n) is 48.8. The summed E-state index contributed by atoms with van der Waals surface area (Å²) in [6.45, 7) is 6.30. The monoisotopic (exact) mass is 1040 g/mol. The van der Waals surface area contributed by atoms with Crippen LogP contribution in [0.5, 0.6) is 0 Å². The lowest BCUT2D eigenvalue weighted by Gasteiger charge is -2.18. The number of hydrogen-bond acceptors (Lipinski definition) is 6. The molecule has 1 atom stereocenters. The molecule has 0 aromatic rings. The average Bonchev–Trinajstić information content (AvgIpc) is 3.41. The molecule has 426 valence electrons. The number of rotatable bonds is 55. The SMILES string of the molecule is CC/C=C\C/C=C\C/C=C\C/C=C\C/C=C\C/C=C\CCC(=O)OC(COC(=O)CC/C=C\C/C=C\C/C=C\C/C=C\CC)COC(=O)CCCCCCCCCCCCCCCCCCCCCCCCCCC. The Morgan fingerprint density at radius 1 is 0.280 bits per heavy atom. The summed E-state index contributed by atoms with van der Waals surface area (Å²) in [5.41, 5.74) is 0. The van der Waals surface area contributed by atoms with Crippen molar-refractivity contribution in [2.24, 2.45) is 0 Å². The van der Waals surface area contributed by atoms with Gasteiger partial charge in [-0.15, -0.1) is 0 Å². The molecule has 0 spiro atoms. The molecule has 6 heteroatoms. The maximum absolute atomic E-state index is 12.8. The van der Waals surface area contributed by atoms with Gasteiger partial charge < -0.3 is 14.2 Å². The van der Waals surface area contributed by atoms with Crippen molar-refractivity contribution >= 4 is 17.9 Å². The highest BCUT2D eigenvalue weighted by molar-refractivity contribution is 5.71. The molecule has 0 rings (SSSR count). The fourth-order valence-electron chi connectivity index (χ4n) is 8.43. The number of esters is 3. The van der Waals surface area contributed by atoms with Gasteiger partial charge in [0.25, 0.3) is 0 Å². The fraction of sp³-hybridized carbons (Fsp3) is 0.667. The molecule has 6 nitrogen and oxygen atoms in total. The second-order valence-corrected chi connectivity index (χ2v) is 20.2. The molecule has 0 radical (unpaired) electrons. The Hall–Kier alpha value is -4.19. The zero-order chi connectivity index (χ0) is 54.3. The molecule has 0 aliphatic rings. The van der Waals surface area contributed by atoms with Gasteiger partial charge in [-0.05, 0) is 83.5 Å². The van der Waals surface area contributed by atoms with E-state index in [1.54, 1.807) is 0 Å². The van der Waals surface area contributed by atoms with Crippen molar-refractivity contribution in [2.75, 3.05) is 13.2 Å². The Labute approximate surface area is 462 Å². The minimum absolute atomic E-state index is 0.131. The zero-order valence-corrected chi connectivity index (χ0v) is 48.8. The van der Waals surface area contributed by atoms with E-state index in [-0.39, 0.29) is 38.0 Å². The predicted octanol–water partition coefficient (Wildman–Crippen LogP) is 21.2. The first kappa shape index (κ1) is 70.8. The van der Waals surface area contributed by atoms with Crippen LogP contribution < -0.4 is 0 Å². The van der Waals surface area contributed by atoms with E-state index in [2.05, 4.69) is 118 Å². The van der Waals surface area contributed by atoms with Gasteiger partial charge in [0, 0.05) is 19.3 Å². The van der Waals surface area contributed by atoms with Gasteiger partial charge in [-0.1, -0.05) is 296 Å². The van der Waals surface area contributed by atoms with Crippen LogP contribution in [0.3, 0.4) is 0 Å². The van der Waals surface area contributed by atoms with Crippen LogP contribution in [0.4, 0.5) is 0 Å². The van der Waals surface area contributed by atoms with Crippen molar-refractivity contribution in [1.29, 1.82) is 0 Å².